The lowest BCUT2D eigenvalue weighted by Crippen LogP contribution is -2.18. The molecule has 0 aliphatic heterocycles. The standard InChI is InChI=1S/C13H13N3O5S/c1-15-22(19,20)11-7-6-10(21-11)13(18)16-9-4-2-8(3-5-9)12(14)17/h2-7,15H,1H3,(H2,14,17)(H,16,18). The highest BCUT2D eigenvalue weighted by molar-refractivity contribution is 7.89. The van der Waals surface area contributed by atoms with E-state index in [0.717, 1.165) is 0 Å². The van der Waals surface area contributed by atoms with E-state index in [1.807, 2.05) is 0 Å². The van der Waals surface area contributed by atoms with Gasteiger partial charge in [-0.3, -0.25) is 9.59 Å². The Hall–Kier alpha value is -2.65. The molecule has 22 heavy (non-hydrogen) atoms. The summed E-state index contributed by atoms with van der Waals surface area (Å²) in [5, 5.41) is 2.15. The van der Waals surface area contributed by atoms with Crippen molar-refractivity contribution in [2.75, 3.05) is 12.4 Å². The number of carbonyl (C=O) groups is 2. The summed E-state index contributed by atoms with van der Waals surface area (Å²) >= 11 is 0. The minimum atomic E-state index is -3.75. The summed E-state index contributed by atoms with van der Waals surface area (Å²) in [5.74, 6) is -1.36. The minimum Gasteiger partial charge on any atom is -0.438 e. The second kappa shape index (κ2) is 6.00. The van der Waals surface area contributed by atoms with Crippen LogP contribution in [0.15, 0.2) is 45.9 Å². The predicted octanol–water partition coefficient (Wildman–Crippen LogP) is 0.539. The second-order valence-corrected chi connectivity index (χ2v) is 6.04. The maximum atomic E-state index is 11.9. The van der Waals surface area contributed by atoms with E-state index in [1.165, 1.54) is 43.4 Å². The maximum Gasteiger partial charge on any atom is 0.291 e. The summed E-state index contributed by atoms with van der Waals surface area (Å²) in [6, 6.07) is 8.32. The number of nitrogens with two attached hydrogens (primary N) is 1. The number of anilines is 1. The Morgan fingerprint density at radius 2 is 1.73 bits per heavy atom. The van der Waals surface area contributed by atoms with Crippen LogP contribution in [0.2, 0.25) is 0 Å². The summed E-state index contributed by atoms with van der Waals surface area (Å²) in [6.45, 7) is 0. The molecular formula is C13H13N3O5S. The van der Waals surface area contributed by atoms with E-state index >= 15 is 0 Å². The topological polar surface area (TPSA) is 132 Å². The van der Waals surface area contributed by atoms with Gasteiger partial charge < -0.3 is 15.5 Å². The summed E-state index contributed by atoms with van der Waals surface area (Å²) in [6.07, 6.45) is 0. The molecule has 0 fully saturated rings. The van der Waals surface area contributed by atoms with E-state index in [4.69, 9.17) is 10.2 Å². The number of primary amides is 1. The third-order valence-corrected chi connectivity index (χ3v) is 4.05. The summed E-state index contributed by atoms with van der Waals surface area (Å²) in [5.41, 5.74) is 5.82. The van der Waals surface area contributed by atoms with E-state index in [9.17, 15) is 18.0 Å². The SMILES string of the molecule is CNS(=O)(=O)c1ccc(C(=O)Nc2ccc(C(N)=O)cc2)o1. The largest absolute Gasteiger partial charge is 0.438 e. The predicted molar refractivity (Wildman–Crippen MR) is 77.9 cm³/mol. The maximum absolute atomic E-state index is 11.9. The molecule has 0 saturated carbocycles. The molecule has 0 aliphatic rings. The molecule has 2 aromatic rings. The number of nitrogens with one attached hydrogen (secondary N) is 2. The van der Waals surface area contributed by atoms with Crippen molar-refractivity contribution in [1.82, 2.24) is 4.72 Å². The van der Waals surface area contributed by atoms with Gasteiger partial charge in [-0.1, -0.05) is 0 Å². The molecule has 4 N–H and O–H groups in total. The molecule has 116 valence electrons. The zero-order chi connectivity index (χ0) is 16.3. The minimum absolute atomic E-state index is 0.159. The van der Waals surface area contributed by atoms with Gasteiger partial charge in [-0.25, -0.2) is 13.1 Å². The average molecular weight is 323 g/mol. The van der Waals surface area contributed by atoms with Gasteiger partial charge in [-0.2, -0.15) is 0 Å². The second-order valence-electron chi connectivity index (χ2n) is 4.22. The van der Waals surface area contributed by atoms with Crippen molar-refractivity contribution in [2.24, 2.45) is 5.73 Å². The molecule has 0 bridgehead atoms. The Bertz CT molecular complexity index is 808. The molecule has 0 aliphatic carbocycles. The summed E-state index contributed by atoms with van der Waals surface area (Å²) in [4.78, 5) is 22.9. The molecule has 8 nitrogen and oxygen atoms in total. The van der Waals surface area contributed by atoms with Crippen molar-refractivity contribution < 1.29 is 22.4 Å². The summed E-state index contributed by atoms with van der Waals surface area (Å²) in [7, 11) is -2.51. The van der Waals surface area contributed by atoms with Crippen LogP contribution in [0.3, 0.4) is 0 Å². The highest BCUT2D eigenvalue weighted by atomic mass is 32.2. The Kier molecular flexibility index (Phi) is 4.29. The molecule has 0 radical (unpaired) electrons. The van der Waals surface area contributed by atoms with E-state index < -0.39 is 21.8 Å². The molecule has 1 aromatic carbocycles. The number of hydrogen-bond acceptors (Lipinski definition) is 5. The smallest absolute Gasteiger partial charge is 0.291 e. The van der Waals surface area contributed by atoms with Crippen molar-refractivity contribution in [1.29, 1.82) is 0 Å². The number of furan rings is 1. The van der Waals surface area contributed by atoms with Gasteiger partial charge in [0.25, 0.3) is 15.9 Å². The van der Waals surface area contributed by atoms with Crippen LogP contribution in [0.4, 0.5) is 5.69 Å². The number of amides is 2. The van der Waals surface area contributed by atoms with Gasteiger partial charge in [0, 0.05) is 11.3 Å². The van der Waals surface area contributed by atoms with Gasteiger partial charge in [-0.15, -0.1) is 0 Å². The van der Waals surface area contributed by atoms with Crippen LogP contribution < -0.4 is 15.8 Å². The lowest BCUT2D eigenvalue weighted by atomic mass is 10.2. The van der Waals surface area contributed by atoms with Crippen molar-refractivity contribution >= 4 is 27.5 Å². The van der Waals surface area contributed by atoms with Gasteiger partial charge in [0.1, 0.15) is 0 Å². The third-order valence-electron chi connectivity index (χ3n) is 2.77. The number of carbonyl (C=O) groups excluding carboxylic acids is 2. The number of benzene rings is 1. The first kappa shape index (κ1) is 15.7. The zero-order valence-electron chi connectivity index (χ0n) is 11.5. The van der Waals surface area contributed by atoms with Crippen molar-refractivity contribution in [3.63, 3.8) is 0 Å². The van der Waals surface area contributed by atoms with Crippen LogP contribution in [0.25, 0.3) is 0 Å². The first-order valence-electron chi connectivity index (χ1n) is 6.08. The zero-order valence-corrected chi connectivity index (χ0v) is 12.3. The molecule has 9 heteroatoms. The fourth-order valence-electron chi connectivity index (χ4n) is 1.60. The molecule has 0 saturated heterocycles. The Labute approximate surface area is 126 Å². The Morgan fingerprint density at radius 1 is 1.09 bits per heavy atom. The summed E-state index contributed by atoms with van der Waals surface area (Å²) < 4.78 is 30.1. The normalized spacial score (nSPS) is 11.1. The van der Waals surface area contributed by atoms with E-state index in [2.05, 4.69) is 10.0 Å². The molecule has 0 spiro atoms. The number of rotatable bonds is 5. The van der Waals surface area contributed by atoms with E-state index in [-0.39, 0.29) is 10.9 Å². The van der Waals surface area contributed by atoms with Crippen molar-refractivity contribution in [3.05, 3.63) is 47.7 Å². The molecule has 2 amide bonds. The number of sulfonamides is 1. The molecule has 0 unspecified atom stereocenters. The molecule has 0 atom stereocenters. The highest BCUT2D eigenvalue weighted by Gasteiger charge is 2.19. The van der Waals surface area contributed by atoms with Crippen LogP contribution in [0.5, 0.6) is 0 Å². The van der Waals surface area contributed by atoms with Crippen molar-refractivity contribution in [3.8, 4) is 0 Å². The van der Waals surface area contributed by atoms with Crippen LogP contribution in [-0.2, 0) is 10.0 Å². The molecule has 1 heterocycles. The van der Waals surface area contributed by atoms with Gasteiger partial charge in [0.15, 0.2) is 5.76 Å². The lowest BCUT2D eigenvalue weighted by molar-refractivity contribution is 0.0988. The highest BCUT2D eigenvalue weighted by Crippen LogP contribution is 2.16. The van der Waals surface area contributed by atoms with E-state index in [0.29, 0.717) is 11.3 Å². The fraction of sp³-hybridized carbons (Fsp3) is 0.0769. The third kappa shape index (κ3) is 3.32. The lowest BCUT2D eigenvalue weighted by Gasteiger charge is -2.03. The average Bonchev–Trinajstić information content (AvgIpc) is 2.98. The van der Waals surface area contributed by atoms with Crippen molar-refractivity contribution in [2.45, 2.75) is 5.09 Å². The molecule has 1 aromatic heterocycles. The van der Waals surface area contributed by atoms with Crippen LogP contribution in [0, 0.1) is 0 Å². The van der Waals surface area contributed by atoms with Crippen LogP contribution in [0.1, 0.15) is 20.9 Å². The fourth-order valence-corrected chi connectivity index (χ4v) is 2.25. The van der Waals surface area contributed by atoms with E-state index in [1.54, 1.807) is 0 Å². The van der Waals surface area contributed by atoms with Gasteiger partial charge in [0.05, 0.1) is 0 Å². The van der Waals surface area contributed by atoms with Crippen LogP contribution >= 0.6 is 0 Å². The first-order valence-corrected chi connectivity index (χ1v) is 7.56. The quantitative estimate of drug-likeness (QED) is 0.739. The van der Waals surface area contributed by atoms with Gasteiger partial charge >= 0.3 is 0 Å². The van der Waals surface area contributed by atoms with Gasteiger partial charge in [0.2, 0.25) is 11.0 Å². The Balaban J connectivity index is 2.14. The molecular weight excluding hydrogens is 310 g/mol. The molecule has 2 rings (SSSR count). The Morgan fingerprint density at radius 3 is 2.27 bits per heavy atom. The first-order chi connectivity index (χ1) is 10.3. The monoisotopic (exact) mass is 323 g/mol. The van der Waals surface area contributed by atoms with Gasteiger partial charge in [-0.05, 0) is 43.4 Å². The van der Waals surface area contributed by atoms with Crippen LogP contribution in [-0.4, -0.2) is 27.3 Å². The number of hydrogen-bond donors (Lipinski definition) is 3.